The van der Waals surface area contributed by atoms with Crippen LogP contribution < -0.4 is 0 Å². The molecule has 1 unspecified atom stereocenters. The van der Waals surface area contributed by atoms with Gasteiger partial charge in [0.2, 0.25) is 0 Å². The number of sulfonamides is 1. The van der Waals surface area contributed by atoms with Crippen molar-refractivity contribution in [3.05, 3.63) is 32.6 Å². The van der Waals surface area contributed by atoms with Crippen molar-refractivity contribution < 1.29 is 8.42 Å². The van der Waals surface area contributed by atoms with Gasteiger partial charge in [-0.15, -0.1) is 0 Å². The van der Waals surface area contributed by atoms with E-state index in [0.29, 0.717) is 0 Å². The molecule has 0 spiro atoms. The van der Waals surface area contributed by atoms with E-state index in [1.54, 1.807) is 6.92 Å². The molecule has 0 aliphatic heterocycles. The molecule has 0 fully saturated rings. The molecule has 16 heavy (non-hydrogen) atoms. The lowest BCUT2D eigenvalue weighted by atomic mass is 10.0. The van der Waals surface area contributed by atoms with Crippen molar-refractivity contribution >= 4 is 10.0 Å². The standard InChI is InChI=1S/C10H15N3O2S/c1-6(2)9-5-7(3)8(4)10(9)16(14,15)13-12-11/h5-6,8H,1-4H3. The summed E-state index contributed by atoms with van der Waals surface area (Å²) in [6, 6.07) is 0. The number of hydrogen-bond donors (Lipinski definition) is 0. The smallest absolute Gasteiger partial charge is 0.216 e. The van der Waals surface area contributed by atoms with Crippen LogP contribution in [0.2, 0.25) is 0 Å². The Kier molecular flexibility index (Phi) is 3.45. The molecule has 6 heteroatoms. The van der Waals surface area contributed by atoms with Crippen molar-refractivity contribution in [3.63, 3.8) is 0 Å². The second-order valence-corrected chi connectivity index (χ2v) is 5.78. The van der Waals surface area contributed by atoms with Crippen molar-refractivity contribution in [1.29, 1.82) is 0 Å². The lowest BCUT2D eigenvalue weighted by Crippen LogP contribution is -2.09. The minimum absolute atomic E-state index is 0.0959. The molecule has 0 amide bonds. The molecule has 0 saturated heterocycles. The van der Waals surface area contributed by atoms with Crippen LogP contribution in [0, 0.1) is 11.8 Å². The summed E-state index contributed by atoms with van der Waals surface area (Å²) in [5.41, 5.74) is 10.0. The highest BCUT2D eigenvalue weighted by molar-refractivity contribution is 7.93. The van der Waals surface area contributed by atoms with E-state index < -0.39 is 10.0 Å². The Hall–Kier alpha value is -1.26. The van der Waals surface area contributed by atoms with Gasteiger partial charge >= 0.3 is 0 Å². The molecule has 0 radical (unpaired) electrons. The summed E-state index contributed by atoms with van der Waals surface area (Å²) in [5.74, 6) is -0.105. The number of nitrogens with zero attached hydrogens (tertiary/aromatic N) is 3. The summed E-state index contributed by atoms with van der Waals surface area (Å²) in [7, 11) is -3.85. The Labute approximate surface area is 95.5 Å². The normalized spacial score (nSPS) is 21.1. The Morgan fingerprint density at radius 1 is 1.50 bits per heavy atom. The van der Waals surface area contributed by atoms with Gasteiger partial charge in [-0.1, -0.05) is 32.4 Å². The topological polar surface area (TPSA) is 82.9 Å². The van der Waals surface area contributed by atoms with Gasteiger partial charge < -0.3 is 0 Å². The van der Waals surface area contributed by atoms with Gasteiger partial charge in [0.25, 0.3) is 10.0 Å². The van der Waals surface area contributed by atoms with Gasteiger partial charge in [0.1, 0.15) is 0 Å². The fourth-order valence-corrected chi connectivity index (χ4v) is 3.22. The zero-order valence-electron chi connectivity index (χ0n) is 9.80. The van der Waals surface area contributed by atoms with Gasteiger partial charge in [0, 0.05) is 15.3 Å². The minimum Gasteiger partial charge on any atom is -0.216 e. The van der Waals surface area contributed by atoms with E-state index in [9.17, 15) is 8.42 Å². The Balaban J connectivity index is 3.42. The van der Waals surface area contributed by atoms with Gasteiger partial charge in [-0.05, 0) is 23.9 Å². The Bertz CT molecular complexity index is 508. The molecule has 5 nitrogen and oxygen atoms in total. The largest absolute Gasteiger partial charge is 0.261 e. The third kappa shape index (κ3) is 2.13. The van der Waals surface area contributed by atoms with E-state index >= 15 is 0 Å². The van der Waals surface area contributed by atoms with Crippen molar-refractivity contribution in [2.24, 2.45) is 16.4 Å². The van der Waals surface area contributed by atoms with E-state index in [-0.39, 0.29) is 16.7 Å². The molecule has 88 valence electrons. The van der Waals surface area contributed by atoms with Gasteiger partial charge in [0.15, 0.2) is 0 Å². The summed E-state index contributed by atoms with van der Waals surface area (Å²) >= 11 is 0. The summed E-state index contributed by atoms with van der Waals surface area (Å²) in [6.45, 7) is 7.53. The van der Waals surface area contributed by atoms with Crippen LogP contribution in [0.3, 0.4) is 0 Å². The van der Waals surface area contributed by atoms with E-state index in [0.717, 1.165) is 11.1 Å². The van der Waals surface area contributed by atoms with Crippen LogP contribution >= 0.6 is 0 Å². The van der Waals surface area contributed by atoms with Crippen LogP contribution in [-0.4, -0.2) is 8.42 Å². The third-order valence-corrected chi connectivity index (χ3v) is 4.22. The van der Waals surface area contributed by atoms with Gasteiger partial charge in [0.05, 0.1) is 4.91 Å². The second kappa shape index (κ2) is 4.31. The first-order valence-electron chi connectivity index (χ1n) is 5.05. The van der Waals surface area contributed by atoms with E-state index in [4.69, 9.17) is 5.53 Å². The maximum absolute atomic E-state index is 11.8. The molecule has 0 N–H and O–H groups in total. The molecule has 0 saturated carbocycles. The van der Waals surface area contributed by atoms with Gasteiger partial charge in [-0.25, -0.2) is 8.42 Å². The maximum Gasteiger partial charge on any atom is 0.261 e. The summed E-state index contributed by atoms with van der Waals surface area (Å²) < 4.78 is 26.5. The van der Waals surface area contributed by atoms with Crippen LogP contribution in [0.1, 0.15) is 27.7 Å². The number of allylic oxidation sites excluding steroid dienone is 4. The van der Waals surface area contributed by atoms with E-state index in [2.05, 4.69) is 9.43 Å². The monoisotopic (exact) mass is 241 g/mol. The number of azide groups is 1. The molecular formula is C10H15N3O2S. The molecule has 0 aromatic rings. The maximum atomic E-state index is 11.8. The number of hydrogen-bond acceptors (Lipinski definition) is 2. The van der Waals surface area contributed by atoms with Gasteiger partial charge in [-0.2, -0.15) is 0 Å². The molecular weight excluding hydrogens is 226 g/mol. The Morgan fingerprint density at radius 3 is 2.50 bits per heavy atom. The predicted molar refractivity (Wildman–Crippen MR) is 62.9 cm³/mol. The Morgan fingerprint density at radius 2 is 2.06 bits per heavy atom. The summed E-state index contributed by atoms with van der Waals surface area (Å²) in [5, 5.41) is 0. The fourth-order valence-electron chi connectivity index (χ4n) is 1.81. The average molecular weight is 241 g/mol. The molecule has 1 aliphatic rings. The van der Waals surface area contributed by atoms with Crippen molar-refractivity contribution in [2.75, 3.05) is 0 Å². The molecule has 1 atom stereocenters. The first-order chi connectivity index (χ1) is 7.31. The first-order valence-corrected chi connectivity index (χ1v) is 6.49. The fraction of sp³-hybridized carbons (Fsp3) is 0.600. The van der Waals surface area contributed by atoms with Crippen LogP contribution in [0.4, 0.5) is 0 Å². The molecule has 0 aromatic heterocycles. The summed E-state index contributed by atoms with van der Waals surface area (Å²) in [6.07, 6.45) is 1.87. The molecule has 0 aromatic carbocycles. The quantitative estimate of drug-likeness (QED) is 0.432. The lowest BCUT2D eigenvalue weighted by Gasteiger charge is -2.12. The van der Waals surface area contributed by atoms with Crippen LogP contribution in [-0.2, 0) is 10.0 Å². The van der Waals surface area contributed by atoms with Crippen LogP contribution in [0.25, 0.3) is 10.4 Å². The van der Waals surface area contributed by atoms with Crippen molar-refractivity contribution in [2.45, 2.75) is 27.7 Å². The first kappa shape index (κ1) is 12.8. The van der Waals surface area contributed by atoms with Crippen LogP contribution in [0.15, 0.2) is 26.6 Å². The highest BCUT2D eigenvalue weighted by Crippen LogP contribution is 2.38. The zero-order valence-corrected chi connectivity index (χ0v) is 10.6. The van der Waals surface area contributed by atoms with Crippen molar-refractivity contribution in [3.8, 4) is 0 Å². The summed E-state index contributed by atoms with van der Waals surface area (Å²) in [4.78, 5) is 2.63. The van der Waals surface area contributed by atoms with Crippen LogP contribution in [0.5, 0.6) is 0 Å². The molecule has 1 aliphatic carbocycles. The highest BCUT2D eigenvalue weighted by atomic mass is 32.2. The second-order valence-electron chi connectivity index (χ2n) is 4.23. The average Bonchev–Trinajstić information content (AvgIpc) is 2.44. The van der Waals surface area contributed by atoms with E-state index in [1.807, 2.05) is 26.8 Å². The number of rotatable bonds is 3. The third-order valence-electron chi connectivity index (χ3n) is 2.79. The minimum atomic E-state index is -3.85. The van der Waals surface area contributed by atoms with Crippen molar-refractivity contribution in [1.82, 2.24) is 0 Å². The highest BCUT2D eigenvalue weighted by Gasteiger charge is 2.31. The van der Waals surface area contributed by atoms with Gasteiger partial charge in [-0.3, -0.25) is 0 Å². The molecule has 1 rings (SSSR count). The zero-order chi connectivity index (χ0) is 12.5. The lowest BCUT2D eigenvalue weighted by molar-refractivity contribution is 0.597. The molecule has 0 heterocycles. The SMILES string of the molecule is CC1=CC(C(C)C)=C(S(=O)(=O)N=[N+]=[N-])C1C. The molecule has 0 bridgehead atoms. The van der Waals surface area contributed by atoms with E-state index in [1.165, 1.54) is 0 Å². The predicted octanol–water partition coefficient (Wildman–Crippen LogP) is 3.13.